The second kappa shape index (κ2) is 10.0. The average molecular weight is 446 g/mol. The van der Waals surface area contributed by atoms with Gasteiger partial charge in [0.05, 0.1) is 18.7 Å². The molecule has 1 aromatic heterocycles. The van der Waals surface area contributed by atoms with E-state index in [1.165, 1.54) is 5.56 Å². The van der Waals surface area contributed by atoms with Crippen LogP contribution in [0.5, 0.6) is 0 Å². The number of likely N-dealkylation sites (N-methyl/N-ethyl adjacent to an activating group) is 1. The Morgan fingerprint density at radius 2 is 1.52 bits per heavy atom. The Labute approximate surface area is 195 Å². The van der Waals surface area contributed by atoms with Crippen LogP contribution in [0.4, 0.5) is 0 Å². The lowest BCUT2D eigenvalue weighted by Gasteiger charge is -2.34. The molecular weight excluding hydrogens is 414 g/mol. The number of aromatic nitrogens is 2. The third kappa shape index (κ3) is 5.49. The van der Waals surface area contributed by atoms with Crippen molar-refractivity contribution >= 4 is 11.8 Å². The zero-order valence-corrected chi connectivity index (χ0v) is 19.5. The number of benzene rings is 2. The van der Waals surface area contributed by atoms with E-state index in [0.717, 1.165) is 16.7 Å². The normalized spacial score (nSPS) is 14.3. The van der Waals surface area contributed by atoms with Crippen LogP contribution in [0.3, 0.4) is 0 Å². The molecular formula is C26H31N5O2. The summed E-state index contributed by atoms with van der Waals surface area (Å²) in [6.07, 6.45) is 1.87. The van der Waals surface area contributed by atoms with Crippen molar-refractivity contribution < 1.29 is 9.59 Å². The quantitative estimate of drug-likeness (QED) is 0.633. The molecule has 0 saturated carbocycles. The van der Waals surface area contributed by atoms with Crippen molar-refractivity contribution in [3.8, 4) is 11.3 Å². The number of carbonyl (C=O) groups is 2. The molecule has 1 N–H and O–H groups in total. The lowest BCUT2D eigenvalue weighted by Crippen LogP contribution is -2.50. The average Bonchev–Trinajstić information content (AvgIpc) is 3.24. The maximum atomic E-state index is 13.5. The first kappa shape index (κ1) is 22.7. The van der Waals surface area contributed by atoms with E-state index in [1.54, 1.807) is 7.05 Å². The van der Waals surface area contributed by atoms with E-state index in [0.29, 0.717) is 50.5 Å². The summed E-state index contributed by atoms with van der Waals surface area (Å²) in [6, 6.07) is 16.5. The van der Waals surface area contributed by atoms with Gasteiger partial charge in [-0.05, 0) is 19.4 Å². The van der Waals surface area contributed by atoms with Crippen LogP contribution in [-0.4, -0.2) is 71.2 Å². The van der Waals surface area contributed by atoms with Gasteiger partial charge in [-0.15, -0.1) is 0 Å². The summed E-state index contributed by atoms with van der Waals surface area (Å²) in [5, 5.41) is 7.47. The van der Waals surface area contributed by atoms with Gasteiger partial charge in [-0.2, -0.15) is 5.10 Å². The van der Waals surface area contributed by atoms with Crippen LogP contribution in [0, 0.1) is 13.8 Å². The fraction of sp³-hybridized carbons (Fsp3) is 0.346. The van der Waals surface area contributed by atoms with Gasteiger partial charge in [-0.25, -0.2) is 0 Å². The molecule has 0 bridgehead atoms. The largest absolute Gasteiger partial charge is 0.358 e. The van der Waals surface area contributed by atoms with E-state index >= 15 is 0 Å². The van der Waals surface area contributed by atoms with Gasteiger partial charge >= 0.3 is 0 Å². The number of piperazine rings is 1. The molecule has 2 aromatic carbocycles. The number of hydrogen-bond acceptors (Lipinski definition) is 4. The minimum absolute atomic E-state index is 0.00573. The molecule has 7 nitrogen and oxygen atoms in total. The number of carbonyl (C=O) groups excluding carboxylic acids is 2. The number of hydrogen-bond donors (Lipinski definition) is 1. The van der Waals surface area contributed by atoms with Crippen LogP contribution >= 0.6 is 0 Å². The first-order valence-corrected chi connectivity index (χ1v) is 11.3. The van der Waals surface area contributed by atoms with Crippen LogP contribution in [0.1, 0.15) is 27.0 Å². The highest BCUT2D eigenvalue weighted by Gasteiger charge is 2.27. The van der Waals surface area contributed by atoms with Gasteiger partial charge in [0.2, 0.25) is 5.91 Å². The van der Waals surface area contributed by atoms with E-state index in [2.05, 4.69) is 41.4 Å². The van der Waals surface area contributed by atoms with Crippen molar-refractivity contribution in [2.75, 3.05) is 39.8 Å². The molecule has 0 atom stereocenters. The fourth-order valence-corrected chi connectivity index (χ4v) is 4.03. The third-order valence-electron chi connectivity index (χ3n) is 6.09. The highest BCUT2D eigenvalue weighted by Crippen LogP contribution is 2.25. The van der Waals surface area contributed by atoms with Crippen LogP contribution in [0.25, 0.3) is 11.3 Å². The second-order valence-corrected chi connectivity index (χ2v) is 8.68. The molecule has 0 spiro atoms. The van der Waals surface area contributed by atoms with E-state index in [1.807, 2.05) is 47.0 Å². The minimum Gasteiger partial charge on any atom is -0.358 e. The molecule has 7 heteroatoms. The van der Waals surface area contributed by atoms with Crippen molar-refractivity contribution in [1.29, 1.82) is 0 Å². The maximum absolute atomic E-state index is 13.5. The highest BCUT2D eigenvalue weighted by molar-refractivity contribution is 6.00. The topological polar surface area (TPSA) is 70.5 Å². The molecule has 2 heterocycles. The SMILES string of the molecule is CNC(=O)CN1CCN(C(=O)c2cn(Cc3ccc(C)cc3)nc2-c2ccc(C)cc2)CC1. The minimum atomic E-state index is -0.0136. The molecule has 0 unspecified atom stereocenters. The molecule has 1 saturated heterocycles. The molecule has 1 aliphatic rings. The van der Waals surface area contributed by atoms with Gasteiger partial charge in [0.1, 0.15) is 5.69 Å². The molecule has 1 fully saturated rings. The van der Waals surface area contributed by atoms with Gasteiger partial charge < -0.3 is 10.2 Å². The summed E-state index contributed by atoms with van der Waals surface area (Å²) in [4.78, 5) is 29.1. The van der Waals surface area contributed by atoms with Crippen molar-refractivity contribution in [3.05, 3.63) is 77.0 Å². The summed E-state index contributed by atoms with van der Waals surface area (Å²) >= 11 is 0. The monoisotopic (exact) mass is 445 g/mol. The predicted octanol–water partition coefficient (Wildman–Crippen LogP) is 2.72. The standard InChI is InChI=1S/C26H31N5O2/c1-19-4-8-21(9-5-19)16-31-17-23(25(28-31)22-10-6-20(2)7-11-22)26(33)30-14-12-29(13-15-30)18-24(32)27-3/h4-11,17H,12-16,18H2,1-3H3,(H,27,32). The summed E-state index contributed by atoms with van der Waals surface area (Å²) < 4.78 is 1.86. The molecule has 0 aliphatic carbocycles. The molecule has 0 radical (unpaired) electrons. The van der Waals surface area contributed by atoms with Gasteiger partial charge in [-0.3, -0.25) is 19.2 Å². The zero-order valence-electron chi connectivity index (χ0n) is 19.5. The summed E-state index contributed by atoms with van der Waals surface area (Å²) in [5.74, 6) is -0.0193. The first-order valence-electron chi connectivity index (χ1n) is 11.3. The maximum Gasteiger partial charge on any atom is 0.257 e. The molecule has 33 heavy (non-hydrogen) atoms. The van der Waals surface area contributed by atoms with Gasteiger partial charge in [-0.1, -0.05) is 59.7 Å². The smallest absolute Gasteiger partial charge is 0.257 e. The Hall–Kier alpha value is -3.45. The van der Waals surface area contributed by atoms with Crippen LogP contribution in [-0.2, 0) is 11.3 Å². The number of aryl methyl sites for hydroxylation is 2. The first-order chi connectivity index (χ1) is 15.9. The van der Waals surface area contributed by atoms with E-state index in [9.17, 15) is 9.59 Å². The zero-order chi connectivity index (χ0) is 23.4. The number of rotatable bonds is 6. The molecule has 1 aliphatic heterocycles. The highest BCUT2D eigenvalue weighted by atomic mass is 16.2. The number of amides is 2. The third-order valence-corrected chi connectivity index (χ3v) is 6.09. The summed E-state index contributed by atoms with van der Waals surface area (Å²) in [6.45, 7) is 7.61. The van der Waals surface area contributed by atoms with E-state index < -0.39 is 0 Å². The van der Waals surface area contributed by atoms with Crippen LogP contribution < -0.4 is 5.32 Å². The fourth-order valence-electron chi connectivity index (χ4n) is 4.03. The van der Waals surface area contributed by atoms with Gasteiger partial charge in [0.15, 0.2) is 0 Å². The lowest BCUT2D eigenvalue weighted by molar-refractivity contribution is -0.122. The molecule has 3 aromatic rings. The van der Waals surface area contributed by atoms with Crippen molar-refractivity contribution in [1.82, 2.24) is 24.9 Å². The van der Waals surface area contributed by atoms with Crippen LogP contribution in [0.2, 0.25) is 0 Å². The van der Waals surface area contributed by atoms with Crippen molar-refractivity contribution in [2.24, 2.45) is 0 Å². The van der Waals surface area contributed by atoms with E-state index in [4.69, 9.17) is 5.10 Å². The molecule has 172 valence electrons. The van der Waals surface area contributed by atoms with E-state index in [-0.39, 0.29) is 11.8 Å². The van der Waals surface area contributed by atoms with Gasteiger partial charge in [0.25, 0.3) is 5.91 Å². The Kier molecular flexibility index (Phi) is 6.89. The Bertz CT molecular complexity index is 1110. The Morgan fingerprint density at radius 3 is 2.12 bits per heavy atom. The second-order valence-electron chi connectivity index (χ2n) is 8.68. The molecule has 4 rings (SSSR count). The van der Waals surface area contributed by atoms with Gasteiger partial charge in [0, 0.05) is 45.0 Å². The van der Waals surface area contributed by atoms with Crippen LogP contribution in [0.15, 0.2) is 54.7 Å². The van der Waals surface area contributed by atoms with Crippen molar-refractivity contribution in [2.45, 2.75) is 20.4 Å². The number of nitrogens with zero attached hydrogens (tertiary/aromatic N) is 4. The molecule has 2 amide bonds. The Balaban J connectivity index is 1.57. The number of nitrogens with one attached hydrogen (secondary N) is 1. The Morgan fingerprint density at radius 1 is 0.909 bits per heavy atom. The summed E-state index contributed by atoms with van der Waals surface area (Å²) in [7, 11) is 1.64. The van der Waals surface area contributed by atoms with Crippen molar-refractivity contribution in [3.63, 3.8) is 0 Å². The summed E-state index contributed by atoms with van der Waals surface area (Å²) in [5.41, 5.74) is 5.78. The predicted molar refractivity (Wildman–Crippen MR) is 129 cm³/mol. The lowest BCUT2D eigenvalue weighted by atomic mass is 10.1.